The molecule has 6 heteroatoms. The first-order valence-corrected chi connectivity index (χ1v) is 8.38. The molecular formula is C15H21N3O2S. The zero-order valence-electron chi connectivity index (χ0n) is 12.1. The first-order valence-electron chi connectivity index (χ1n) is 7.16. The van der Waals surface area contributed by atoms with Crippen molar-refractivity contribution in [2.45, 2.75) is 36.6 Å². The lowest BCUT2D eigenvalue weighted by Gasteiger charge is -2.13. The van der Waals surface area contributed by atoms with E-state index in [1.807, 2.05) is 30.5 Å². The van der Waals surface area contributed by atoms with Crippen LogP contribution in [0.5, 0.6) is 0 Å². The molecule has 1 aromatic carbocycles. The molecule has 0 saturated heterocycles. The van der Waals surface area contributed by atoms with Crippen molar-refractivity contribution in [2.75, 3.05) is 18.1 Å². The van der Waals surface area contributed by atoms with E-state index in [4.69, 9.17) is 0 Å². The maximum atomic E-state index is 11.8. The number of para-hydroxylation sites is 1. The molecule has 0 aliphatic heterocycles. The van der Waals surface area contributed by atoms with Gasteiger partial charge in [-0.05, 0) is 31.2 Å². The van der Waals surface area contributed by atoms with Crippen LogP contribution in [0.1, 0.15) is 25.7 Å². The summed E-state index contributed by atoms with van der Waals surface area (Å²) >= 11 is 1.61. The van der Waals surface area contributed by atoms with Crippen LogP contribution in [0, 0.1) is 0 Å². The molecule has 114 valence electrons. The number of hydrogen-bond donors (Lipinski definition) is 3. The summed E-state index contributed by atoms with van der Waals surface area (Å²) in [4.78, 5) is 24.5. The summed E-state index contributed by atoms with van der Waals surface area (Å²) in [6.07, 6.45) is 6.27. The van der Waals surface area contributed by atoms with Crippen LogP contribution in [-0.2, 0) is 4.79 Å². The summed E-state index contributed by atoms with van der Waals surface area (Å²) in [7, 11) is 0. The molecular weight excluding hydrogens is 286 g/mol. The molecule has 1 saturated carbocycles. The molecule has 1 aliphatic rings. The largest absolute Gasteiger partial charge is 0.375 e. The van der Waals surface area contributed by atoms with E-state index in [1.165, 1.54) is 0 Å². The molecule has 1 fully saturated rings. The van der Waals surface area contributed by atoms with Crippen molar-refractivity contribution in [3.63, 3.8) is 0 Å². The molecule has 0 radical (unpaired) electrons. The van der Waals surface area contributed by atoms with Crippen molar-refractivity contribution in [1.82, 2.24) is 10.6 Å². The minimum absolute atomic E-state index is 0.0790. The Kier molecular flexibility index (Phi) is 5.92. The average molecular weight is 307 g/mol. The number of imide groups is 1. The Hall–Kier alpha value is -1.69. The predicted octanol–water partition coefficient (Wildman–Crippen LogP) is 2.59. The fourth-order valence-electron chi connectivity index (χ4n) is 2.43. The van der Waals surface area contributed by atoms with Gasteiger partial charge in [0.05, 0.1) is 6.54 Å². The van der Waals surface area contributed by atoms with E-state index in [1.54, 1.807) is 11.8 Å². The number of benzene rings is 1. The molecule has 0 aromatic heterocycles. The van der Waals surface area contributed by atoms with E-state index in [0.29, 0.717) is 0 Å². The van der Waals surface area contributed by atoms with Crippen molar-refractivity contribution < 1.29 is 9.59 Å². The van der Waals surface area contributed by atoms with Gasteiger partial charge in [-0.15, -0.1) is 11.8 Å². The highest BCUT2D eigenvalue weighted by molar-refractivity contribution is 7.98. The van der Waals surface area contributed by atoms with Crippen LogP contribution in [0.2, 0.25) is 0 Å². The molecule has 3 N–H and O–H groups in total. The quantitative estimate of drug-likeness (QED) is 0.731. The van der Waals surface area contributed by atoms with Gasteiger partial charge in [0.15, 0.2) is 0 Å². The zero-order valence-corrected chi connectivity index (χ0v) is 13.0. The molecule has 21 heavy (non-hydrogen) atoms. The maximum Gasteiger partial charge on any atom is 0.321 e. The van der Waals surface area contributed by atoms with Crippen LogP contribution in [0.3, 0.4) is 0 Å². The summed E-state index contributed by atoms with van der Waals surface area (Å²) in [5, 5.41) is 8.23. The first-order chi connectivity index (χ1) is 10.2. The molecule has 0 atom stereocenters. The molecule has 1 aliphatic carbocycles. The fraction of sp³-hybridized carbons (Fsp3) is 0.467. The number of rotatable bonds is 5. The summed E-state index contributed by atoms with van der Waals surface area (Å²) in [5.74, 6) is -0.332. The lowest BCUT2D eigenvalue weighted by atomic mass is 10.2. The molecule has 1 aromatic rings. The monoisotopic (exact) mass is 307 g/mol. The van der Waals surface area contributed by atoms with Crippen LogP contribution in [-0.4, -0.2) is 30.8 Å². The Balaban J connectivity index is 1.75. The molecule has 0 spiro atoms. The topological polar surface area (TPSA) is 70.2 Å². The molecule has 5 nitrogen and oxygen atoms in total. The second-order valence-corrected chi connectivity index (χ2v) is 5.90. The average Bonchev–Trinajstić information content (AvgIpc) is 2.98. The Morgan fingerprint density at radius 3 is 2.67 bits per heavy atom. The highest BCUT2D eigenvalue weighted by Crippen LogP contribution is 2.24. The van der Waals surface area contributed by atoms with Gasteiger partial charge in [0, 0.05) is 16.6 Å². The van der Waals surface area contributed by atoms with Gasteiger partial charge in [-0.3, -0.25) is 10.1 Å². The molecule has 0 unspecified atom stereocenters. The number of amides is 3. The van der Waals surface area contributed by atoms with Gasteiger partial charge in [-0.2, -0.15) is 0 Å². The van der Waals surface area contributed by atoms with Crippen LogP contribution >= 0.6 is 11.8 Å². The van der Waals surface area contributed by atoms with Crippen LogP contribution in [0.4, 0.5) is 10.5 Å². The Morgan fingerprint density at radius 1 is 1.24 bits per heavy atom. The van der Waals surface area contributed by atoms with Crippen molar-refractivity contribution in [2.24, 2.45) is 0 Å². The van der Waals surface area contributed by atoms with Crippen molar-refractivity contribution in [3.05, 3.63) is 24.3 Å². The molecule has 0 bridgehead atoms. The second kappa shape index (κ2) is 7.93. The molecule has 2 rings (SSSR count). The van der Waals surface area contributed by atoms with E-state index in [9.17, 15) is 9.59 Å². The van der Waals surface area contributed by atoms with E-state index in [2.05, 4.69) is 16.0 Å². The van der Waals surface area contributed by atoms with Gasteiger partial charge in [0.2, 0.25) is 5.91 Å². The lowest BCUT2D eigenvalue weighted by molar-refractivity contribution is -0.118. The van der Waals surface area contributed by atoms with Gasteiger partial charge in [-0.25, -0.2) is 4.79 Å². The van der Waals surface area contributed by atoms with Crippen molar-refractivity contribution in [3.8, 4) is 0 Å². The minimum Gasteiger partial charge on any atom is -0.375 e. The third-order valence-corrected chi connectivity index (χ3v) is 4.29. The molecule has 0 heterocycles. The predicted molar refractivity (Wildman–Crippen MR) is 85.6 cm³/mol. The van der Waals surface area contributed by atoms with Crippen LogP contribution in [0.15, 0.2) is 29.2 Å². The third kappa shape index (κ3) is 4.97. The minimum atomic E-state index is -0.396. The summed E-state index contributed by atoms with van der Waals surface area (Å²) in [6, 6.07) is 7.57. The number of thioether (sulfide) groups is 1. The van der Waals surface area contributed by atoms with Crippen LogP contribution < -0.4 is 16.0 Å². The highest BCUT2D eigenvalue weighted by atomic mass is 32.2. The van der Waals surface area contributed by atoms with Gasteiger partial charge in [-0.1, -0.05) is 25.0 Å². The fourth-order valence-corrected chi connectivity index (χ4v) is 3.00. The van der Waals surface area contributed by atoms with E-state index in [0.717, 1.165) is 36.3 Å². The Labute approximate surface area is 129 Å². The van der Waals surface area contributed by atoms with E-state index >= 15 is 0 Å². The van der Waals surface area contributed by atoms with Gasteiger partial charge >= 0.3 is 6.03 Å². The number of carbonyl (C=O) groups excluding carboxylic acids is 2. The maximum absolute atomic E-state index is 11.8. The Morgan fingerprint density at radius 2 is 1.95 bits per heavy atom. The summed E-state index contributed by atoms with van der Waals surface area (Å²) in [6.45, 7) is 0.0790. The second-order valence-electron chi connectivity index (χ2n) is 5.06. The molecule has 3 amide bonds. The summed E-state index contributed by atoms with van der Waals surface area (Å²) in [5.41, 5.74) is 0.899. The zero-order chi connectivity index (χ0) is 15.1. The van der Waals surface area contributed by atoms with E-state index in [-0.39, 0.29) is 18.5 Å². The van der Waals surface area contributed by atoms with Gasteiger partial charge in [0.1, 0.15) is 0 Å². The Bertz CT molecular complexity index is 501. The van der Waals surface area contributed by atoms with Crippen LogP contribution in [0.25, 0.3) is 0 Å². The highest BCUT2D eigenvalue weighted by Gasteiger charge is 2.18. The number of carbonyl (C=O) groups is 2. The van der Waals surface area contributed by atoms with E-state index < -0.39 is 6.03 Å². The smallest absolute Gasteiger partial charge is 0.321 e. The number of hydrogen-bond acceptors (Lipinski definition) is 4. The third-order valence-electron chi connectivity index (χ3n) is 3.49. The normalized spacial score (nSPS) is 14.7. The number of urea groups is 1. The number of nitrogens with one attached hydrogen (secondary N) is 3. The SMILES string of the molecule is CSc1ccccc1NCC(=O)NC(=O)NC1CCCC1. The number of anilines is 1. The van der Waals surface area contributed by atoms with Gasteiger partial charge < -0.3 is 10.6 Å². The van der Waals surface area contributed by atoms with Gasteiger partial charge in [0.25, 0.3) is 0 Å². The summed E-state index contributed by atoms with van der Waals surface area (Å²) < 4.78 is 0. The van der Waals surface area contributed by atoms with Crippen molar-refractivity contribution >= 4 is 29.4 Å². The van der Waals surface area contributed by atoms with Crippen molar-refractivity contribution in [1.29, 1.82) is 0 Å². The first kappa shape index (κ1) is 15.7. The lowest BCUT2D eigenvalue weighted by Crippen LogP contribution is -2.45. The standard InChI is InChI=1S/C15H21N3O2S/c1-21-13-9-5-4-8-12(13)16-10-14(19)18-15(20)17-11-6-2-3-7-11/h4-5,8-9,11,16H,2-3,6-7,10H2,1H3,(H2,17,18,19,20).